The Morgan fingerprint density at radius 1 is 1.09 bits per heavy atom. The molecule has 1 N–H and O–H groups in total. The van der Waals surface area contributed by atoms with Crippen LogP contribution in [0.4, 0.5) is 5.69 Å². The minimum absolute atomic E-state index is 0.0148. The Bertz CT molecular complexity index is 1220. The van der Waals surface area contributed by atoms with Gasteiger partial charge in [-0.05, 0) is 65.4 Å². The number of nitrogens with zero attached hydrogens (tertiary/aromatic N) is 4. The van der Waals surface area contributed by atoms with E-state index in [1.807, 2.05) is 0 Å². The van der Waals surface area contributed by atoms with Crippen LogP contribution in [0.1, 0.15) is 16.9 Å². The molecule has 32 heavy (non-hydrogen) atoms. The van der Waals surface area contributed by atoms with Gasteiger partial charge in [-0.2, -0.15) is 5.10 Å². The first-order valence-electron chi connectivity index (χ1n) is 9.38. The van der Waals surface area contributed by atoms with Crippen LogP contribution in [0.15, 0.2) is 86.5 Å². The highest BCUT2D eigenvalue weighted by molar-refractivity contribution is 8.18. The molecule has 9 nitrogen and oxygen atoms in total. The molecule has 10 heteroatoms. The summed E-state index contributed by atoms with van der Waals surface area (Å²) in [4.78, 5) is 25.2. The van der Waals surface area contributed by atoms with Crippen molar-refractivity contribution in [1.82, 2.24) is 4.90 Å². The minimum Gasteiger partial charge on any atom is -0.508 e. The molecule has 0 saturated carbocycles. The van der Waals surface area contributed by atoms with Gasteiger partial charge in [0.15, 0.2) is 5.17 Å². The number of nitro groups is 1. The smallest absolute Gasteiger partial charge is 0.269 e. The number of phenolic OH excluding ortho intramolecular Hbond substituents is 1. The van der Waals surface area contributed by atoms with E-state index < -0.39 is 4.92 Å². The second-order valence-electron chi connectivity index (χ2n) is 6.65. The number of benzene rings is 2. The van der Waals surface area contributed by atoms with E-state index >= 15 is 0 Å². The molecule has 2 aromatic carbocycles. The van der Waals surface area contributed by atoms with Crippen molar-refractivity contribution in [3.05, 3.63) is 98.8 Å². The summed E-state index contributed by atoms with van der Waals surface area (Å²) in [5, 5.41) is 28.8. The highest BCUT2D eigenvalue weighted by atomic mass is 32.2. The van der Waals surface area contributed by atoms with Gasteiger partial charge in [0, 0.05) is 12.1 Å². The normalized spacial score (nSPS) is 16.5. The van der Waals surface area contributed by atoms with E-state index in [4.69, 9.17) is 4.42 Å². The van der Waals surface area contributed by atoms with Crippen LogP contribution < -0.4 is 0 Å². The lowest BCUT2D eigenvalue weighted by molar-refractivity contribution is -0.384. The van der Waals surface area contributed by atoms with Gasteiger partial charge >= 0.3 is 0 Å². The van der Waals surface area contributed by atoms with E-state index in [0.29, 0.717) is 21.4 Å². The summed E-state index contributed by atoms with van der Waals surface area (Å²) in [6, 6.07) is 15.9. The van der Waals surface area contributed by atoms with Gasteiger partial charge in [0.2, 0.25) is 0 Å². The number of hydrogen-bond donors (Lipinski definition) is 1. The predicted octanol–water partition coefficient (Wildman–Crippen LogP) is 4.40. The number of carbonyl (C=O) groups is 1. The molecule has 0 radical (unpaired) electrons. The summed E-state index contributed by atoms with van der Waals surface area (Å²) in [5.74, 6) is 0.487. The lowest BCUT2D eigenvalue weighted by atomic mass is 10.2. The number of carbonyl (C=O) groups excluding carboxylic acids is 1. The predicted molar refractivity (Wildman–Crippen MR) is 121 cm³/mol. The van der Waals surface area contributed by atoms with Crippen molar-refractivity contribution in [2.75, 3.05) is 0 Å². The second-order valence-corrected chi connectivity index (χ2v) is 7.66. The maximum Gasteiger partial charge on any atom is 0.269 e. The fourth-order valence-corrected chi connectivity index (χ4v) is 3.76. The summed E-state index contributed by atoms with van der Waals surface area (Å²) in [7, 11) is 0. The number of hydrogen-bond acceptors (Lipinski definition) is 8. The molecule has 0 atom stereocenters. The third-order valence-electron chi connectivity index (χ3n) is 4.43. The zero-order valence-corrected chi connectivity index (χ0v) is 17.3. The first-order valence-corrected chi connectivity index (χ1v) is 10.2. The number of amidine groups is 1. The van der Waals surface area contributed by atoms with Gasteiger partial charge in [0.25, 0.3) is 11.6 Å². The van der Waals surface area contributed by atoms with Crippen molar-refractivity contribution >= 4 is 40.8 Å². The fourth-order valence-electron chi connectivity index (χ4n) is 2.83. The molecule has 1 amide bonds. The van der Waals surface area contributed by atoms with Crippen molar-refractivity contribution in [2.24, 2.45) is 10.2 Å². The van der Waals surface area contributed by atoms with Crippen LogP contribution in [0.3, 0.4) is 0 Å². The standard InChI is InChI=1S/C22H16N4O5S/c27-18-9-5-15(6-10-18)12-20-21(28)25(14-19-2-1-11-31-19)22(32-20)24-23-13-16-3-7-17(8-4-16)26(29)30/h1-13,27H,14H2/b20-12-,23-13-,24-22+. The van der Waals surface area contributed by atoms with Crippen LogP contribution in [0, 0.1) is 10.1 Å². The van der Waals surface area contributed by atoms with Gasteiger partial charge in [0.05, 0.1) is 28.9 Å². The van der Waals surface area contributed by atoms with E-state index in [2.05, 4.69) is 10.2 Å². The number of furan rings is 1. The third-order valence-corrected chi connectivity index (χ3v) is 5.42. The van der Waals surface area contributed by atoms with Gasteiger partial charge in [-0.3, -0.25) is 19.8 Å². The zero-order valence-electron chi connectivity index (χ0n) is 16.5. The maximum atomic E-state index is 13.0. The van der Waals surface area contributed by atoms with Crippen molar-refractivity contribution in [2.45, 2.75) is 6.54 Å². The Morgan fingerprint density at radius 3 is 2.47 bits per heavy atom. The van der Waals surface area contributed by atoms with Gasteiger partial charge in [-0.25, -0.2) is 0 Å². The van der Waals surface area contributed by atoms with Crippen LogP contribution in [0.5, 0.6) is 5.75 Å². The average molecular weight is 448 g/mol. The van der Waals surface area contributed by atoms with Gasteiger partial charge in [0.1, 0.15) is 11.5 Å². The van der Waals surface area contributed by atoms with Gasteiger partial charge in [-0.1, -0.05) is 12.1 Å². The molecule has 0 aliphatic carbocycles. The zero-order chi connectivity index (χ0) is 22.5. The molecular formula is C22H16N4O5S. The number of aromatic hydroxyl groups is 1. The summed E-state index contributed by atoms with van der Waals surface area (Å²) in [6.45, 7) is 0.192. The van der Waals surface area contributed by atoms with Crippen molar-refractivity contribution in [3.63, 3.8) is 0 Å². The number of phenols is 1. The van der Waals surface area contributed by atoms with Crippen molar-refractivity contribution < 1.29 is 19.2 Å². The highest BCUT2D eigenvalue weighted by Gasteiger charge is 2.34. The van der Waals surface area contributed by atoms with Crippen molar-refractivity contribution in [3.8, 4) is 5.75 Å². The maximum absolute atomic E-state index is 13.0. The molecule has 0 bridgehead atoms. The number of nitro benzene ring substituents is 1. The van der Waals surface area contributed by atoms with Crippen LogP contribution in [0.25, 0.3) is 6.08 Å². The SMILES string of the molecule is O=C1/C(=C/c2ccc(O)cc2)S/C(=N/N=C\c2ccc([N+](=O)[O-])cc2)N1Cc1ccco1. The first-order chi connectivity index (χ1) is 15.5. The summed E-state index contributed by atoms with van der Waals surface area (Å²) in [6.07, 6.45) is 4.69. The molecule has 1 fully saturated rings. The monoisotopic (exact) mass is 448 g/mol. The lowest BCUT2D eigenvalue weighted by Crippen LogP contribution is -2.28. The average Bonchev–Trinajstić information content (AvgIpc) is 3.40. The molecule has 0 unspecified atom stereocenters. The molecule has 1 aromatic heterocycles. The Labute approximate surface area is 186 Å². The van der Waals surface area contributed by atoms with Crippen LogP contribution >= 0.6 is 11.8 Å². The summed E-state index contributed by atoms with van der Waals surface area (Å²) < 4.78 is 5.36. The highest BCUT2D eigenvalue weighted by Crippen LogP contribution is 2.34. The lowest BCUT2D eigenvalue weighted by Gasteiger charge is -2.12. The summed E-state index contributed by atoms with van der Waals surface area (Å²) >= 11 is 1.17. The minimum atomic E-state index is -0.476. The van der Waals surface area contributed by atoms with Gasteiger partial charge in [-0.15, -0.1) is 5.10 Å². The first kappa shape index (κ1) is 21.1. The van der Waals surface area contributed by atoms with Gasteiger partial charge < -0.3 is 9.52 Å². The fraction of sp³-hybridized carbons (Fsp3) is 0.0455. The number of thioether (sulfide) groups is 1. The molecule has 2 heterocycles. The Kier molecular flexibility index (Phi) is 6.13. The molecule has 1 aliphatic rings. The quantitative estimate of drug-likeness (QED) is 0.258. The molecule has 4 rings (SSSR count). The van der Waals surface area contributed by atoms with Crippen molar-refractivity contribution in [1.29, 1.82) is 0 Å². The van der Waals surface area contributed by atoms with Crippen LogP contribution in [-0.2, 0) is 11.3 Å². The molecule has 0 spiro atoms. The van der Waals surface area contributed by atoms with E-state index in [1.165, 1.54) is 41.3 Å². The topological polar surface area (TPSA) is 122 Å². The molecular weight excluding hydrogens is 432 g/mol. The number of rotatable bonds is 6. The second kappa shape index (κ2) is 9.31. The van der Waals surface area contributed by atoms with E-state index in [0.717, 1.165) is 5.56 Å². The third kappa shape index (κ3) is 4.93. The van der Waals surface area contributed by atoms with E-state index in [-0.39, 0.29) is 23.9 Å². The van der Waals surface area contributed by atoms with Crippen LogP contribution in [-0.4, -0.2) is 32.2 Å². The van der Waals surface area contributed by atoms with E-state index in [1.54, 1.807) is 54.6 Å². The molecule has 1 saturated heterocycles. The number of amides is 1. The van der Waals surface area contributed by atoms with E-state index in [9.17, 15) is 20.0 Å². The molecule has 160 valence electrons. The molecule has 3 aromatic rings. The Hall–Kier alpha value is -4.18. The number of non-ortho nitro benzene ring substituents is 1. The Morgan fingerprint density at radius 2 is 1.81 bits per heavy atom. The molecule has 1 aliphatic heterocycles. The Balaban J connectivity index is 1.58. The summed E-state index contributed by atoms with van der Waals surface area (Å²) in [5.41, 5.74) is 1.37. The van der Waals surface area contributed by atoms with Crippen LogP contribution in [0.2, 0.25) is 0 Å². The largest absolute Gasteiger partial charge is 0.508 e.